The van der Waals surface area contributed by atoms with Crippen LogP contribution in [0.25, 0.3) is 0 Å². The van der Waals surface area contributed by atoms with Crippen molar-refractivity contribution in [1.82, 2.24) is 20.6 Å². The molecule has 0 aliphatic carbocycles. The minimum absolute atomic E-state index is 0.269. The lowest BCUT2D eigenvalue weighted by molar-refractivity contribution is 0.284. The summed E-state index contributed by atoms with van der Waals surface area (Å²) in [6.07, 6.45) is 0. The molecular formula is C16H16FN5O2. The van der Waals surface area contributed by atoms with E-state index in [9.17, 15) is 4.39 Å². The lowest BCUT2D eigenvalue weighted by atomic mass is 10.2. The third-order valence-electron chi connectivity index (χ3n) is 3.33. The van der Waals surface area contributed by atoms with Crippen molar-refractivity contribution in [2.24, 2.45) is 0 Å². The fourth-order valence-corrected chi connectivity index (χ4v) is 2.10. The van der Waals surface area contributed by atoms with Crippen LogP contribution in [0.4, 0.5) is 10.3 Å². The van der Waals surface area contributed by atoms with E-state index in [4.69, 9.17) is 9.47 Å². The molecule has 1 heterocycles. The zero-order valence-electron chi connectivity index (χ0n) is 13.0. The Kier molecular flexibility index (Phi) is 4.85. The molecule has 3 rings (SSSR count). The van der Waals surface area contributed by atoms with Gasteiger partial charge in [-0.15, -0.1) is 5.10 Å². The number of nitrogens with one attached hydrogen (secondary N) is 2. The molecule has 0 aliphatic heterocycles. The molecule has 2 aromatic carbocycles. The van der Waals surface area contributed by atoms with Gasteiger partial charge in [-0.25, -0.2) is 4.39 Å². The van der Waals surface area contributed by atoms with Crippen LogP contribution in [0.5, 0.6) is 11.5 Å². The minimum atomic E-state index is -0.269. The Morgan fingerprint density at radius 2 is 1.88 bits per heavy atom. The van der Waals surface area contributed by atoms with Gasteiger partial charge in [-0.3, -0.25) is 0 Å². The summed E-state index contributed by atoms with van der Waals surface area (Å²) in [6, 6.07) is 11.8. The summed E-state index contributed by atoms with van der Waals surface area (Å²) in [5.74, 6) is 1.38. The quantitative estimate of drug-likeness (QED) is 0.693. The number of aromatic amines is 1. The summed E-state index contributed by atoms with van der Waals surface area (Å²) in [4.78, 5) is 0. The van der Waals surface area contributed by atoms with Crippen molar-refractivity contribution in [1.29, 1.82) is 0 Å². The zero-order chi connectivity index (χ0) is 16.8. The van der Waals surface area contributed by atoms with Gasteiger partial charge in [0, 0.05) is 6.54 Å². The van der Waals surface area contributed by atoms with E-state index in [0.717, 1.165) is 11.1 Å². The molecule has 0 radical (unpaired) electrons. The molecule has 0 fully saturated rings. The summed E-state index contributed by atoms with van der Waals surface area (Å²) in [5.41, 5.74) is 1.85. The average Bonchev–Trinajstić information content (AvgIpc) is 3.13. The average molecular weight is 329 g/mol. The predicted octanol–water partition coefficient (Wildman–Crippen LogP) is 2.54. The number of tetrazole rings is 1. The Morgan fingerprint density at radius 1 is 1.08 bits per heavy atom. The highest BCUT2D eigenvalue weighted by molar-refractivity contribution is 5.44. The molecule has 0 spiro atoms. The first-order chi connectivity index (χ1) is 11.7. The molecule has 24 heavy (non-hydrogen) atoms. The van der Waals surface area contributed by atoms with Crippen LogP contribution in [0, 0.1) is 5.82 Å². The van der Waals surface area contributed by atoms with Gasteiger partial charge in [0.05, 0.1) is 7.11 Å². The van der Waals surface area contributed by atoms with E-state index in [2.05, 4.69) is 25.9 Å². The Hall–Kier alpha value is -3.16. The smallest absolute Gasteiger partial charge is 0.263 e. The standard InChI is InChI=1S/C16H16FN5O2/c1-23-15-8-12(9-18-16-19-21-22-20-16)4-7-14(15)24-10-11-2-5-13(17)6-3-11/h2-8H,9-10H2,1H3,(H2,18,19,20,21,22). The van der Waals surface area contributed by atoms with Crippen molar-refractivity contribution in [2.45, 2.75) is 13.2 Å². The van der Waals surface area contributed by atoms with E-state index < -0.39 is 0 Å². The number of aromatic nitrogens is 4. The number of H-pyrrole nitrogens is 1. The van der Waals surface area contributed by atoms with Crippen LogP contribution in [0.2, 0.25) is 0 Å². The first-order valence-corrected chi connectivity index (χ1v) is 7.26. The molecule has 1 aromatic heterocycles. The van der Waals surface area contributed by atoms with Gasteiger partial charge in [-0.1, -0.05) is 23.3 Å². The Balaban J connectivity index is 1.63. The first-order valence-electron chi connectivity index (χ1n) is 7.26. The SMILES string of the molecule is COc1cc(CNc2nn[nH]n2)ccc1OCc1ccc(F)cc1. The summed E-state index contributed by atoms with van der Waals surface area (Å²) in [5, 5.41) is 16.5. The third-order valence-corrected chi connectivity index (χ3v) is 3.33. The van der Waals surface area contributed by atoms with E-state index in [-0.39, 0.29) is 5.82 Å². The zero-order valence-corrected chi connectivity index (χ0v) is 13.0. The summed E-state index contributed by atoms with van der Waals surface area (Å²) in [7, 11) is 1.58. The van der Waals surface area contributed by atoms with Crippen molar-refractivity contribution in [3.05, 3.63) is 59.4 Å². The van der Waals surface area contributed by atoms with Crippen molar-refractivity contribution in [2.75, 3.05) is 12.4 Å². The van der Waals surface area contributed by atoms with Gasteiger partial charge in [0.2, 0.25) is 0 Å². The van der Waals surface area contributed by atoms with Crippen LogP contribution >= 0.6 is 0 Å². The molecule has 124 valence electrons. The van der Waals surface area contributed by atoms with E-state index in [1.807, 2.05) is 18.2 Å². The molecule has 0 atom stereocenters. The van der Waals surface area contributed by atoms with Gasteiger partial charge in [-0.2, -0.15) is 5.21 Å². The maximum atomic E-state index is 12.9. The van der Waals surface area contributed by atoms with Crippen LogP contribution in [0.15, 0.2) is 42.5 Å². The van der Waals surface area contributed by atoms with Gasteiger partial charge in [0.15, 0.2) is 11.5 Å². The van der Waals surface area contributed by atoms with Gasteiger partial charge in [0.25, 0.3) is 5.95 Å². The molecule has 3 aromatic rings. The monoisotopic (exact) mass is 329 g/mol. The Labute approximate surface area is 137 Å². The Morgan fingerprint density at radius 3 is 2.58 bits per heavy atom. The third kappa shape index (κ3) is 3.97. The van der Waals surface area contributed by atoms with Crippen LogP contribution in [-0.2, 0) is 13.2 Å². The van der Waals surface area contributed by atoms with Gasteiger partial charge in [0.1, 0.15) is 12.4 Å². The second-order valence-electron chi connectivity index (χ2n) is 4.99. The second kappa shape index (κ2) is 7.40. The molecule has 0 unspecified atom stereocenters. The molecule has 7 nitrogen and oxygen atoms in total. The number of hydrogen-bond donors (Lipinski definition) is 2. The van der Waals surface area contributed by atoms with E-state index in [1.165, 1.54) is 12.1 Å². The number of methoxy groups -OCH3 is 1. The van der Waals surface area contributed by atoms with Crippen molar-refractivity contribution >= 4 is 5.95 Å². The summed E-state index contributed by atoms with van der Waals surface area (Å²) in [6.45, 7) is 0.852. The number of ether oxygens (including phenoxy) is 2. The molecular weight excluding hydrogens is 313 g/mol. The van der Waals surface area contributed by atoms with Crippen LogP contribution in [0.1, 0.15) is 11.1 Å². The molecule has 8 heteroatoms. The molecule has 0 amide bonds. The number of hydrogen-bond acceptors (Lipinski definition) is 6. The number of nitrogens with zero attached hydrogens (tertiary/aromatic N) is 3. The Bertz CT molecular complexity index is 778. The predicted molar refractivity (Wildman–Crippen MR) is 85.2 cm³/mol. The van der Waals surface area contributed by atoms with Crippen LogP contribution in [0.3, 0.4) is 0 Å². The highest BCUT2D eigenvalue weighted by atomic mass is 19.1. The molecule has 0 saturated heterocycles. The molecule has 0 bridgehead atoms. The number of rotatable bonds is 7. The second-order valence-corrected chi connectivity index (χ2v) is 4.99. The van der Waals surface area contributed by atoms with Crippen LogP contribution < -0.4 is 14.8 Å². The largest absolute Gasteiger partial charge is 0.493 e. The maximum absolute atomic E-state index is 12.9. The van der Waals surface area contributed by atoms with Crippen molar-refractivity contribution < 1.29 is 13.9 Å². The number of halogens is 1. The van der Waals surface area contributed by atoms with Gasteiger partial charge in [-0.05, 0) is 40.6 Å². The topological polar surface area (TPSA) is 85.0 Å². The van der Waals surface area contributed by atoms with Gasteiger partial charge >= 0.3 is 0 Å². The molecule has 0 aliphatic rings. The summed E-state index contributed by atoms with van der Waals surface area (Å²) < 4.78 is 24.0. The minimum Gasteiger partial charge on any atom is -0.493 e. The highest BCUT2D eigenvalue weighted by Gasteiger charge is 2.07. The van der Waals surface area contributed by atoms with Crippen LogP contribution in [-0.4, -0.2) is 27.7 Å². The number of anilines is 1. The molecule has 0 saturated carbocycles. The number of benzene rings is 2. The van der Waals surface area contributed by atoms with E-state index in [0.29, 0.717) is 30.6 Å². The van der Waals surface area contributed by atoms with Crippen molar-refractivity contribution in [3.63, 3.8) is 0 Å². The fraction of sp³-hybridized carbons (Fsp3) is 0.188. The summed E-state index contributed by atoms with van der Waals surface area (Å²) >= 11 is 0. The lowest BCUT2D eigenvalue weighted by Gasteiger charge is -2.12. The maximum Gasteiger partial charge on any atom is 0.263 e. The van der Waals surface area contributed by atoms with E-state index in [1.54, 1.807) is 19.2 Å². The molecule has 2 N–H and O–H groups in total. The van der Waals surface area contributed by atoms with Gasteiger partial charge < -0.3 is 14.8 Å². The fourth-order valence-electron chi connectivity index (χ4n) is 2.10. The van der Waals surface area contributed by atoms with Crippen molar-refractivity contribution in [3.8, 4) is 11.5 Å². The highest BCUT2D eigenvalue weighted by Crippen LogP contribution is 2.29. The first kappa shape index (κ1) is 15.7. The van der Waals surface area contributed by atoms with E-state index >= 15 is 0 Å². The normalized spacial score (nSPS) is 10.4. The lowest BCUT2D eigenvalue weighted by Crippen LogP contribution is -2.03.